The number of thiazole rings is 1. The van der Waals surface area contributed by atoms with E-state index in [1.54, 1.807) is 11.3 Å². The smallest absolute Gasteiger partial charge is 0.230 e. The van der Waals surface area contributed by atoms with Gasteiger partial charge >= 0.3 is 0 Å². The summed E-state index contributed by atoms with van der Waals surface area (Å²) in [4.78, 5) is 20.8. The van der Waals surface area contributed by atoms with Gasteiger partial charge in [-0.3, -0.25) is 4.79 Å². The zero-order valence-corrected chi connectivity index (χ0v) is 14.9. The molecule has 2 atom stereocenters. The monoisotopic (exact) mass is 319 g/mol. The SMILES string of the molecule is CC(C)=C[C@@H]1[C@H](C(=O)Nc2nc3c(s2)CN(C)CC3)C1(C)C. The van der Waals surface area contributed by atoms with Crippen LogP contribution in [-0.2, 0) is 17.8 Å². The van der Waals surface area contributed by atoms with Crippen LogP contribution in [0.2, 0.25) is 0 Å². The second kappa shape index (κ2) is 5.46. The van der Waals surface area contributed by atoms with Gasteiger partial charge in [-0.1, -0.05) is 25.5 Å². The number of nitrogens with zero attached hydrogens (tertiary/aromatic N) is 2. The minimum atomic E-state index is 0.0540. The van der Waals surface area contributed by atoms with Crippen LogP contribution in [0.15, 0.2) is 11.6 Å². The van der Waals surface area contributed by atoms with Gasteiger partial charge in [-0.2, -0.15) is 0 Å². The Hall–Kier alpha value is -1.20. The van der Waals surface area contributed by atoms with Crippen molar-refractivity contribution in [1.29, 1.82) is 0 Å². The number of rotatable bonds is 3. The molecule has 1 aliphatic carbocycles. The van der Waals surface area contributed by atoms with Gasteiger partial charge in [0.05, 0.1) is 11.6 Å². The molecule has 0 spiro atoms. The quantitative estimate of drug-likeness (QED) is 0.869. The molecule has 2 heterocycles. The number of aromatic nitrogens is 1. The maximum Gasteiger partial charge on any atom is 0.230 e. The van der Waals surface area contributed by atoms with E-state index in [2.05, 4.69) is 56.0 Å². The summed E-state index contributed by atoms with van der Waals surface area (Å²) in [6.07, 6.45) is 3.21. The van der Waals surface area contributed by atoms with Crippen LogP contribution in [0.25, 0.3) is 0 Å². The van der Waals surface area contributed by atoms with Crippen LogP contribution in [-0.4, -0.2) is 29.4 Å². The van der Waals surface area contributed by atoms with Gasteiger partial charge in [0.25, 0.3) is 0 Å². The van der Waals surface area contributed by atoms with E-state index in [1.807, 2.05) is 0 Å². The number of fused-ring (bicyclic) bond motifs is 1. The van der Waals surface area contributed by atoms with E-state index in [4.69, 9.17) is 0 Å². The van der Waals surface area contributed by atoms with E-state index in [0.717, 1.165) is 30.3 Å². The number of carbonyl (C=O) groups is 1. The first-order valence-corrected chi connectivity index (χ1v) is 8.73. The minimum Gasteiger partial charge on any atom is -0.302 e. The fourth-order valence-corrected chi connectivity index (χ4v) is 4.50. The van der Waals surface area contributed by atoms with Crippen LogP contribution >= 0.6 is 11.3 Å². The summed E-state index contributed by atoms with van der Waals surface area (Å²) in [5, 5.41) is 3.82. The summed E-state index contributed by atoms with van der Waals surface area (Å²) in [6.45, 7) is 10.5. The average molecular weight is 319 g/mol. The molecule has 3 rings (SSSR count). The van der Waals surface area contributed by atoms with Gasteiger partial charge in [0.15, 0.2) is 5.13 Å². The highest BCUT2D eigenvalue weighted by Gasteiger charge is 2.60. The number of likely N-dealkylation sites (N-methyl/N-ethyl adjacent to an activating group) is 1. The molecule has 0 radical (unpaired) electrons. The van der Waals surface area contributed by atoms with Crippen LogP contribution in [0.3, 0.4) is 0 Å². The molecule has 1 aromatic heterocycles. The molecular weight excluding hydrogens is 294 g/mol. The molecule has 1 aromatic rings. The molecule has 1 N–H and O–H groups in total. The normalized spacial score (nSPS) is 26.2. The summed E-state index contributed by atoms with van der Waals surface area (Å²) in [5.74, 6) is 0.524. The van der Waals surface area contributed by atoms with Crippen molar-refractivity contribution in [3.63, 3.8) is 0 Å². The molecule has 1 aliphatic heterocycles. The first kappa shape index (κ1) is 15.7. The summed E-state index contributed by atoms with van der Waals surface area (Å²) >= 11 is 1.63. The van der Waals surface area contributed by atoms with Gasteiger partial charge in [-0.15, -0.1) is 11.3 Å². The molecule has 1 amide bonds. The predicted molar refractivity (Wildman–Crippen MR) is 91.0 cm³/mol. The minimum absolute atomic E-state index is 0.0540. The molecule has 2 aliphatic rings. The Balaban J connectivity index is 1.69. The average Bonchev–Trinajstić information content (AvgIpc) is 2.76. The summed E-state index contributed by atoms with van der Waals surface area (Å²) in [7, 11) is 2.12. The number of allylic oxidation sites excluding steroid dienone is 2. The summed E-state index contributed by atoms with van der Waals surface area (Å²) < 4.78 is 0. The first-order chi connectivity index (χ1) is 10.3. The lowest BCUT2D eigenvalue weighted by molar-refractivity contribution is -0.118. The van der Waals surface area contributed by atoms with Crippen LogP contribution in [0, 0.1) is 17.3 Å². The molecule has 0 aromatic carbocycles. The lowest BCUT2D eigenvalue weighted by Crippen LogP contribution is -2.25. The van der Waals surface area contributed by atoms with Crippen molar-refractivity contribution in [2.75, 3.05) is 18.9 Å². The van der Waals surface area contributed by atoms with E-state index >= 15 is 0 Å². The number of nitrogens with one attached hydrogen (secondary N) is 1. The molecule has 4 nitrogen and oxygen atoms in total. The van der Waals surface area contributed by atoms with Crippen molar-refractivity contribution in [1.82, 2.24) is 9.88 Å². The Morgan fingerprint density at radius 3 is 2.86 bits per heavy atom. The molecule has 120 valence electrons. The fourth-order valence-electron chi connectivity index (χ4n) is 3.41. The van der Waals surface area contributed by atoms with Crippen LogP contribution in [0.1, 0.15) is 38.3 Å². The van der Waals surface area contributed by atoms with Crippen molar-refractivity contribution in [3.05, 3.63) is 22.2 Å². The van der Waals surface area contributed by atoms with Crippen LogP contribution < -0.4 is 5.32 Å². The standard InChI is InChI=1S/C17H25N3OS/c1-10(2)8-11-14(17(11,3)4)15(21)19-16-18-12-6-7-20(5)9-13(12)22-16/h8,11,14H,6-7,9H2,1-5H3,(H,18,19,21)/t11-,14-/m1/s1. The Kier molecular flexibility index (Phi) is 3.89. The van der Waals surface area contributed by atoms with Crippen molar-refractivity contribution in [2.24, 2.45) is 17.3 Å². The predicted octanol–water partition coefficient (Wildman–Crippen LogP) is 3.31. The number of hydrogen-bond acceptors (Lipinski definition) is 4. The van der Waals surface area contributed by atoms with E-state index < -0.39 is 0 Å². The Bertz CT molecular complexity index is 628. The molecule has 5 heteroatoms. The number of carbonyl (C=O) groups excluding carboxylic acids is 1. The summed E-state index contributed by atoms with van der Waals surface area (Å²) in [5.41, 5.74) is 2.49. The highest BCUT2D eigenvalue weighted by atomic mass is 32.1. The third-order valence-corrected chi connectivity index (χ3v) is 5.86. The zero-order valence-electron chi connectivity index (χ0n) is 14.1. The molecule has 0 bridgehead atoms. The van der Waals surface area contributed by atoms with Crippen molar-refractivity contribution < 1.29 is 4.79 Å². The van der Waals surface area contributed by atoms with Gasteiger partial charge < -0.3 is 10.2 Å². The summed E-state index contributed by atoms with van der Waals surface area (Å²) in [6, 6.07) is 0. The lowest BCUT2D eigenvalue weighted by atomic mass is 10.1. The van der Waals surface area contributed by atoms with Gasteiger partial charge in [0, 0.05) is 24.4 Å². The Morgan fingerprint density at radius 2 is 2.18 bits per heavy atom. The van der Waals surface area contributed by atoms with Gasteiger partial charge in [-0.25, -0.2) is 4.98 Å². The Labute approximate surface area is 136 Å². The molecule has 1 saturated carbocycles. The molecule has 1 fully saturated rings. The van der Waals surface area contributed by atoms with Crippen molar-refractivity contribution in [2.45, 2.75) is 40.7 Å². The van der Waals surface area contributed by atoms with Crippen molar-refractivity contribution >= 4 is 22.4 Å². The number of anilines is 1. The topological polar surface area (TPSA) is 45.2 Å². The number of hydrogen-bond donors (Lipinski definition) is 1. The lowest BCUT2D eigenvalue weighted by Gasteiger charge is -2.20. The molecule has 22 heavy (non-hydrogen) atoms. The van der Waals surface area contributed by atoms with Crippen LogP contribution in [0.5, 0.6) is 0 Å². The first-order valence-electron chi connectivity index (χ1n) is 7.92. The van der Waals surface area contributed by atoms with Gasteiger partial charge in [0.1, 0.15) is 0 Å². The fraction of sp³-hybridized carbons (Fsp3) is 0.647. The third-order valence-electron chi connectivity index (χ3n) is 4.86. The van der Waals surface area contributed by atoms with E-state index in [1.165, 1.54) is 10.5 Å². The highest BCUT2D eigenvalue weighted by molar-refractivity contribution is 7.15. The molecule has 0 unspecified atom stereocenters. The van der Waals surface area contributed by atoms with E-state index in [-0.39, 0.29) is 17.2 Å². The maximum atomic E-state index is 12.6. The highest BCUT2D eigenvalue weighted by Crippen LogP contribution is 2.59. The second-order valence-electron chi connectivity index (χ2n) is 7.43. The Morgan fingerprint density at radius 1 is 1.45 bits per heavy atom. The zero-order chi connectivity index (χ0) is 16.1. The maximum absolute atomic E-state index is 12.6. The largest absolute Gasteiger partial charge is 0.302 e. The molecule has 0 saturated heterocycles. The van der Waals surface area contributed by atoms with Gasteiger partial charge in [-0.05, 0) is 32.2 Å². The van der Waals surface area contributed by atoms with Crippen molar-refractivity contribution in [3.8, 4) is 0 Å². The van der Waals surface area contributed by atoms with E-state index in [0.29, 0.717) is 5.92 Å². The number of amides is 1. The molecular formula is C17H25N3OS. The third kappa shape index (κ3) is 2.84. The van der Waals surface area contributed by atoms with Crippen LogP contribution in [0.4, 0.5) is 5.13 Å². The van der Waals surface area contributed by atoms with E-state index in [9.17, 15) is 4.79 Å². The van der Waals surface area contributed by atoms with Gasteiger partial charge in [0.2, 0.25) is 5.91 Å². The second-order valence-corrected chi connectivity index (χ2v) is 8.52.